The van der Waals surface area contributed by atoms with Crippen molar-refractivity contribution in [3.8, 4) is 0 Å². The Morgan fingerprint density at radius 1 is 0.800 bits per heavy atom. The lowest BCUT2D eigenvalue weighted by atomic mass is 10.1. The molecule has 0 amide bonds. The van der Waals surface area contributed by atoms with E-state index < -0.39 is 7.37 Å². The Morgan fingerprint density at radius 2 is 1.25 bits per heavy atom. The monoisotopic (exact) mass is 323 g/mol. The van der Waals surface area contributed by atoms with E-state index in [4.69, 9.17) is 0 Å². The predicted octanol–water partition coefficient (Wildman–Crippen LogP) is 5.06. The zero-order valence-corrected chi connectivity index (χ0v) is 15.6. The van der Waals surface area contributed by atoms with Crippen LogP contribution in [-0.4, -0.2) is 35.5 Å². The number of unbranched alkanes of at least 4 members (excludes halogenated alkanes) is 9. The zero-order valence-electron chi connectivity index (χ0n) is 13.9. The normalized spacial score (nSPS) is 14.7. The van der Waals surface area contributed by atoms with Gasteiger partial charge in [-0.2, -0.15) is 0 Å². The number of hydrogen-bond donors (Lipinski definition) is 1. The van der Waals surface area contributed by atoms with E-state index in [9.17, 15) is 9.46 Å². The molecule has 20 heavy (non-hydrogen) atoms. The third kappa shape index (κ3) is 14.9. The van der Waals surface area contributed by atoms with Gasteiger partial charge in [0, 0.05) is 6.16 Å². The molecule has 0 saturated carbocycles. The minimum absolute atomic E-state index is 0.290. The molecule has 0 rings (SSSR count). The van der Waals surface area contributed by atoms with Crippen molar-refractivity contribution in [2.24, 2.45) is 0 Å². The molecule has 0 aliphatic carbocycles. The molecule has 0 aromatic heterocycles. The summed E-state index contributed by atoms with van der Waals surface area (Å²) in [5.74, 6) is 0.908. The average molecular weight is 324 g/mol. The minimum atomic E-state index is -2.81. The van der Waals surface area contributed by atoms with Gasteiger partial charge in [-0.05, 0) is 17.3 Å². The van der Waals surface area contributed by atoms with Crippen LogP contribution in [-0.2, 0) is 15.5 Å². The molecule has 2 nitrogen and oxygen atoms in total. The molecule has 0 aromatic rings. The summed E-state index contributed by atoms with van der Waals surface area (Å²) < 4.78 is 11.9. The van der Waals surface area contributed by atoms with E-state index >= 15 is 0 Å². The van der Waals surface area contributed by atoms with Gasteiger partial charge in [0.05, 0.1) is 18.7 Å². The molecule has 0 aliphatic rings. The fourth-order valence-electron chi connectivity index (χ4n) is 2.28. The number of hydrogen-bond acceptors (Lipinski definition) is 1. The Hall–Kier alpha value is 0.540. The van der Waals surface area contributed by atoms with E-state index in [1.165, 1.54) is 51.4 Å². The molecule has 0 fully saturated rings. The SMILES string of the molecule is CCCCCCCCCCCCP(=O)(O)CC[S+](C)C. The van der Waals surface area contributed by atoms with Crippen LogP contribution in [0.5, 0.6) is 0 Å². The Morgan fingerprint density at radius 3 is 1.70 bits per heavy atom. The molecule has 0 spiro atoms. The standard InChI is InChI=1S/C16H35O2PS/c1-4-5-6-7-8-9-10-11-12-13-14-19(17,18)15-16-20(2)3/h4-16H2,1-3H3/p+1. The van der Waals surface area contributed by atoms with Crippen molar-refractivity contribution >= 4 is 18.3 Å². The molecular weight excluding hydrogens is 287 g/mol. The van der Waals surface area contributed by atoms with Crippen LogP contribution in [0.2, 0.25) is 0 Å². The van der Waals surface area contributed by atoms with Crippen molar-refractivity contribution in [2.45, 2.75) is 71.1 Å². The van der Waals surface area contributed by atoms with Gasteiger partial charge in [-0.1, -0.05) is 64.7 Å². The van der Waals surface area contributed by atoms with Gasteiger partial charge in [0.25, 0.3) is 0 Å². The molecular formula is C16H36O2PS+. The van der Waals surface area contributed by atoms with Crippen LogP contribution in [0.3, 0.4) is 0 Å². The van der Waals surface area contributed by atoms with E-state index in [-0.39, 0.29) is 0 Å². The highest BCUT2D eigenvalue weighted by atomic mass is 32.2. The third-order valence-corrected chi connectivity index (χ3v) is 6.97. The first kappa shape index (κ1) is 20.5. The van der Waals surface area contributed by atoms with Crippen molar-refractivity contribution in [1.29, 1.82) is 0 Å². The molecule has 0 heterocycles. The van der Waals surface area contributed by atoms with E-state index in [0.29, 0.717) is 23.2 Å². The molecule has 0 radical (unpaired) electrons. The Kier molecular flexibility index (Phi) is 13.6. The lowest BCUT2D eigenvalue weighted by molar-refractivity contribution is 0.475. The molecule has 0 aromatic carbocycles. The first-order chi connectivity index (χ1) is 9.48. The van der Waals surface area contributed by atoms with Gasteiger partial charge in [-0.25, -0.2) is 0 Å². The second-order valence-electron chi connectivity index (χ2n) is 6.17. The summed E-state index contributed by atoms with van der Waals surface area (Å²) in [5.41, 5.74) is 0. The summed E-state index contributed by atoms with van der Waals surface area (Å²) >= 11 is 0. The Bertz CT molecular complexity index is 257. The van der Waals surface area contributed by atoms with E-state index in [2.05, 4.69) is 19.4 Å². The molecule has 0 aliphatic heterocycles. The maximum absolute atomic E-state index is 11.9. The maximum Gasteiger partial charge on any atom is 0.205 e. The average Bonchev–Trinajstić information content (AvgIpc) is 2.39. The maximum atomic E-state index is 11.9. The van der Waals surface area contributed by atoms with Crippen molar-refractivity contribution in [3.05, 3.63) is 0 Å². The van der Waals surface area contributed by atoms with Crippen LogP contribution in [0.25, 0.3) is 0 Å². The molecule has 0 bridgehead atoms. The van der Waals surface area contributed by atoms with Crippen LogP contribution < -0.4 is 0 Å². The van der Waals surface area contributed by atoms with Crippen LogP contribution in [0.4, 0.5) is 0 Å². The summed E-state index contributed by atoms with van der Waals surface area (Å²) in [6.45, 7) is 2.25. The van der Waals surface area contributed by atoms with Gasteiger partial charge >= 0.3 is 0 Å². The van der Waals surface area contributed by atoms with Gasteiger partial charge < -0.3 is 4.89 Å². The second kappa shape index (κ2) is 13.2. The minimum Gasteiger partial charge on any atom is -0.344 e. The molecule has 122 valence electrons. The first-order valence-electron chi connectivity index (χ1n) is 8.33. The van der Waals surface area contributed by atoms with Crippen molar-refractivity contribution < 1.29 is 9.46 Å². The first-order valence-corrected chi connectivity index (χ1v) is 12.6. The summed E-state index contributed by atoms with van der Waals surface area (Å²) in [7, 11) is -2.52. The van der Waals surface area contributed by atoms with Gasteiger partial charge in [0.2, 0.25) is 7.37 Å². The van der Waals surface area contributed by atoms with Crippen LogP contribution in [0.15, 0.2) is 0 Å². The number of rotatable bonds is 14. The van der Waals surface area contributed by atoms with Gasteiger partial charge in [-0.3, -0.25) is 4.57 Å². The van der Waals surface area contributed by atoms with Crippen molar-refractivity contribution in [3.63, 3.8) is 0 Å². The highest BCUT2D eigenvalue weighted by Crippen LogP contribution is 2.41. The molecule has 1 atom stereocenters. The smallest absolute Gasteiger partial charge is 0.205 e. The van der Waals surface area contributed by atoms with Crippen LogP contribution in [0.1, 0.15) is 71.1 Å². The quantitative estimate of drug-likeness (QED) is 0.276. The van der Waals surface area contributed by atoms with Crippen LogP contribution >= 0.6 is 7.37 Å². The largest absolute Gasteiger partial charge is 0.344 e. The highest BCUT2D eigenvalue weighted by molar-refractivity contribution is 7.95. The summed E-state index contributed by atoms with van der Waals surface area (Å²) in [6, 6.07) is 0. The molecule has 4 heteroatoms. The molecule has 0 saturated heterocycles. The molecule has 1 N–H and O–H groups in total. The lowest BCUT2D eigenvalue weighted by Crippen LogP contribution is -2.08. The van der Waals surface area contributed by atoms with Gasteiger partial charge in [0.1, 0.15) is 5.75 Å². The summed E-state index contributed by atoms with van der Waals surface area (Å²) in [6.07, 6.45) is 18.1. The second-order valence-corrected chi connectivity index (χ2v) is 11.1. The molecule has 1 unspecified atom stereocenters. The Balaban J connectivity index is 3.32. The van der Waals surface area contributed by atoms with Gasteiger partial charge in [0.15, 0.2) is 0 Å². The summed E-state index contributed by atoms with van der Waals surface area (Å²) in [5, 5.41) is 0. The van der Waals surface area contributed by atoms with Crippen LogP contribution in [0, 0.1) is 0 Å². The van der Waals surface area contributed by atoms with E-state index in [1.54, 1.807) is 0 Å². The predicted molar refractivity (Wildman–Crippen MR) is 95.5 cm³/mol. The highest BCUT2D eigenvalue weighted by Gasteiger charge is 2.20. The fraction of sp³-hybridized carbons (Fsp3) is 1.00. The zero-order chi connectivity index (χ0) is 15.3. The Labute approximate surface area is 129 Å². The summed E-state index contributed by atoms with van der Waals surface area (Å²) in [4.78, 5) is 9.85. The van der Waals surface area contributed by atoms with E-state index in [1.807, 2.05) is 0 Å². The van der Waals surface area contributed by atoms with Crippen molar-refractivity contribution in [2.75, 3.05) is 30.6 Å². The van der Waals surface area contributed by atoms with Crippen molar-refractivity contribution in [1.82, 2.24) is 0 Å². The topological polar surface area (TPSA) is 37.3 Å². The van der Waals surface area contributed by atoms with Gasteiger partial charge in [-0.15, -0.1) is 0 Å². The van der Waals surface area contributed by atoms with E-state index in [0.717, 1.165) is 18.6 Å². The third-order valence-electron chi connectivity index (χ3n) is 3.71. The fourth-order valence-corrected chi connectivity index (χ4v) is 5.83. The lowest BCUT2D eigenvalue weighted by Gasteiger charge is -2.10.